The number of hydrogen-bond acceptors (Lipinski definition) is 8. The molecule has 4 rings (SSSR count). The molecule has 1 aliphatic heterocycles. The number of rotatable bonds is 3. The third-order valence-electron chi connectivity index (χ3n) is 4.83. The fraction of sp³-hybridized carbons (Fsp3) is 0.471. The van der Waals surface area contributed by atoms with Crippen LogP contribution in [-0.2, 0) is 4.74 Å². The fourth-order valence-electron chi connectivity index (χ4n) is 3.49. The van der Waals surface area contributed by atoms with Crippen molar-refractivity contribution in [2.24, 2.45) is 0 Å². The number of thiophene rings is 1. The molecule has 0 saturated carbocycles. The predicted octanol–water partition coefficient (Wildman–Crippen LogP) is 2.53. The van der Waals surface area contributed by atoms with Crippen LogP contribution in [0.4, 0.5) is 5.82 Å². The van der Waals surface area contributed by atoms with Crippen LogP contribution in [0.15, 0.2) is 12.7 Å². The smallest absolute Gasteiger partial charge is 0.348 e. The number of piperidine rings is 1. The molecule has 9 heteroatoms. The first-order valence-electron chi connectivity index (χ1n) is 8.53. The van der Waals surface area contributed by atoms with Crippen molar-refractivity contribution in [3.05, 3.63) is 28.9 Å². The number of methoxy groups -OCH3 is 1. The first kappa shape index (κ1) is 16.9. The van der Waals surface area contributed by atoms with Gasteiger partial charge in [-0.3, -0.25) is 0 Å². The second-order valence-corrected chi connectivity index (χ2v) is 7.42. The van der Waals surface area contributed by atoms with E-state index < -0.39 is 0 Å². The van der Waals surface area contributed by atoms with E-state index >= 15 is 0 Å². The summed E-state index contributed by atoms with van der Waals surface area (Å²) >= 11 is 1.37. The molecule has 0 radical (unpaired) electrons. The van der Waals surface area contributed by atoms with Gasteiger partial charge < -0.3 is 9.64 Å². The summed E-state index contributed by atoms with van der Waals surface area (Å²) in [6.45, 7) is 5.57. The summed E-state index contributed by atoms with van der Waals surface area (Å²) in [5.41, 5.74) is 0.894. The molecular formula is C17H20N6O2S. The molecule has 1 aliphatic rings. The van der Waals surface area contributed by atoms with Crippen molar-refractivity contribution in [1.29, 1.82) is 0 Å². The van der Waals surface area contributed by atoms with Gasteiger partial charge in [0.1, 0.15) is 34.0 Å². The van der Waals surface area contributed by atoms with E-state index in [1.54, 1.807) is 12.7 Å². The monoisotopic (exact) mass is 372 g/mol. The standard InChI is InChI=1S/C17H20N6O2S/c1-10-13-15(20-11(2)21-16(13)26-14(10)17(24)25-3)22-6-4-12(5-7-22)23-9-18-8-19-23/h8-9,12H,4-7H2,1-3H3. The molecule has 0 bridgehead atoms. The Kier molecular flexibility index (Phi) is 4.31. The highest BCUT2D eigenvalue weighted by molar-refractivity contribution is 7.20. The number of aromatic nitrogens is 5. The van der Waals surface area contributed by atoms with Gasteiger partial charge in [0.05, 0.1) is 18.5 Å². The third-order valence-corrected chi connectivity index (χ3v) is 5.99. The number of anilines is 1. The Balaban J connectivity index is 1.68. The maximum atomic E-state index is 12.1. The molecule has 4 heterocycles. The highest BCUT2D eigenvalue weighted by Crippen LogP contribution is 2.37. The quantitative estimate of drug-likeness (QED) is 0.653. The van der Waals surface area contributed by atoms with Gasteiger partial charge in [0.25, 0.3) is 0 Å². The van der Waals surface area contributed by atoms with Crippen LogP contribution < -0.4 is 4.90 Å². The number of aryl methyl sites for hydroxylation is 2. The van der Waals surface area contributed by atoms with Crippen LogP contribution in [0.1, 0.15) is 39.9 Å². The van der Waals surface area contributed by atoms with E-state index in [0.29, 0.717) is 16.7 Å². The van der Waals surface area contributed by atoms with Crippen molar-refractivity contribution in [3.8, 4) is 0 Å². The van der Waals surface area contributed by atoms with Gasteiger partial charge >= 0.3 is 5.97 Å². The van der Waals surface area contributed by atoms with E-state index in [0.717, 1.165) is 47.5 Å². The molecule has 0 unspecified atom stereocenters. The molecule has 26 heavy (non-hydrogen) atoms. The van der Waals surface area contributed by atoms with E-state index in [-0.39, 0.29) is 5.97 Å². The maximum absolute atomic E-state index is 12.1. The molecule has 0 aromatic carbocycles. The minimum absolute atomic E-state index is 0.320. The lowest BCUT2D eigenvalue weighted by Crippen LogP contribution is -2.35. The summed E-state index contributed by atoms with van der Waals surface area (Å²) < 4.78 is 6.85. The molecule has 0 atom stereocenters. The first-order valence-corrected chi connectivity index (χ1v) is 9.35. The zero-order chi connectivity index (χ0) is 18.3. The lowest BCUT2D eigenvalue weighted by atomic mass is 10.0. The zero-order valence-corrected chi connectivity index (χ0v) is 15.8. The van der Waals surface area contributed by atoms with Gasteiger partial charge in [-0.25, -0.2) is 24.4 Å². The summed E-state index contributed by atoms with van der Waals surface area (Å²) in [4.78, 5) is 29.1. The summed E-state index contributed by atoms with van der Waals surface area (Å²) in [5, 5.41) is 5.22. The highest BCUT2D eigenvalue weighted by atomic mass is 32.1. The molecule has 3 aromatic rings. The Bertz CT molecular complexity index is 944. The Morgan fingerprint density at radius 1 is 1.27 bits per heavy atom. The predicted molar refractivity (Wildman–Crippen MR) is 98.7 cm³/mol. The van der Waals surface area contributed by atoms with Crippen molar-refractivity contribution in [3.63, 3.8) is 0 Å². The second-order valence-electron chi connectivity index (χ2n) is 6.42. The van der Waals surface area contributed by atoms with E-state index in [4.69, 9.17) is 9.72 Å². The normalized spacial score (nSPS) is 15.6. The van der Waals surface area contributed by atoms with Crippen LogP contribution in [0.25, 0.3) is 10.2 Å². The van der Waals surface area contributed by atoms with Gasteiger partial charge in [0.15, 0.2) is 0 Å². The SMILES string of the molecule is COC(=O)c1sc2nc(C)nc(N3CCC(n4cncn4)CC3)c2c1C. The van der Waals surface area contributed by atoms with Crippen molar-refractivity contribution < 1.29 is 9.53 Å². The van der Waals surface area contributed by atoms with Gasteiger partial charge in [-0.2, -0.15) is 5.10 Å². The van der Waals surface area contributed by atoms with Crippen LogP contribution in [0, 0.1) is 13.8 Å². The second kappa shape index (κ2) is 6.64. The van der Waals surface area contributed by atoms with Crippen LogP contribution in [0.2, 0.25) is 0 Å². The van der Waals surface area contributed by atoms with Gasteiger partial charge in [-0.15, -0.1) is 11.3 Å². The Hall–Kier alpha value is -2.55. The minimum atomic E-state index is -0.320. The number of esters is 1. The molecule has 0 amide bonds. The number of fused-ring (bicyclic) bond motifs is 1. The molecule has 3 aromatic heterocycles. The summed E-state index contributed by atoms with van der Waals surface area (Å²) in [6, 6.07) is 0.362. The molecule has 8 nitrogen and oxygen atoms in total. The van der Waals surface area contributed by atoms with Crippen molar-refractivity contribution >= 4 is 33.3 Å². The van der Waals surface area contributed by atoms with Crippen LogP contribution in [0.5, 0.6) is 0 Å². The zero-order valence-electron chi connectivity index (χ0n) is 15.0. The average Bonchev–Trinajstić information content (AvgIpc) is 3.29. The largest absolute Gasteiger partial charge is 0.465 e. The van der Waals surface area contributed by atoms with Crippen LogP contribution in [0.3, 0.4) is 0 Å². The van der Waals surface area contributed by atoms with Crippen molar-refractivity contribution in [2.75, 3.05) is 25.1 Å². The molecule has 0 aliphatic carbocycles. The Morgan fingerprint density at radius 2 is 2.04 bits per heavy atom. The molecule has 1 fully saturated rings. The number of ether oxygens (including phenoxy) is 1. The topological polar surface area (TPSA) is 86.0 Å². The number of carbonyl (C=O) groups is 1. The number of hydrogen-bond donors (Lipinski definition) is 0. The van der Waals surface area contributed by atoms with Gasteiger partial charge in [-0.1, -0.05) is 0 Å². The van der Waals surface area contributed by atoms with E-state index in [1.807, 2.05) is 18.5 Å². The summed E-state index contributed by atoms with van der Waals surface area (Å²) in [6.07, 6.45) is 5.30. The lowest BCUT2D eigenvalue weighted by Gasteiger charge is -2.33. The summed E-state index contributed by atoms with van der Waals surface area (Å²) in [5.74, 6) is 1.30. The van der Waals surface area contributed by atoms with E-state index in [2.05, 4.69) is 20.0 Å². The van der Waals surface area contributed by atoms with Gasteiger partial charge in [0.2, 0.25) is 0 Å². The average molecular weight is 372 g/mol. The number of nitrogens with zero attached hydrogens (tertiary/aromatic N) is 6. The molecule has 0 spiro atoms. The van der Waals surface area contributed by atoms with Gasteiger partial charge in [0, 0.05) is 13.1 Å². The van der Waals surface area contributed by atoms with Gasteiger partial charge in [-0.05, 0) is 32.3 Å². The van der Waals surface area contributed by atoms with Crippen LogP contribution >= 0.6 is 11.3 Å². The molecular weight excluding hydrogens is 352 g/mol. The fourth-order valence-corrected chi connectivity index (χ4v) is 4.63. The first-order chi connectivity index (χ1) is 12.6. The maximum Gasteiger partial charge on any atom is 0.348 e. The Labute approximate surface area is 154 Å². The Morgan fingerprint density at radius 3 is 2.69 bits per heavy atom. The molecule has 136 valence electrons. The highest BCUT2D eigenvalue weighted by Gasteiger charge is 2.26. The number of carbonyl (C=O) groups excluding carboxylic acids is 1. The van der Waals surface area contributed by atoms with Crippen molar-refractivity contribution in [2.45, 2.75) is 32.7 Å². The van der Waals surface area contributed by atoms with E-state index in [9.17, 15) is 4.79 Å². The van der Waals surface area contributed by atoms with Crippen LogP contribution in [-0.4, -0.2) is 50.9 Å². The van der Waals surface area contributed by atoms with E-state index in [1.165, 1.54) is 18.4 Å². The minimum Gasteiger partial charge on any atom is -0.465 e. The summed E-state index contributed by atoms with van der Waals surface area (Å²) in [7, 11) is 1.40. The molecule has 1 saturated heterocycles. The molecule has 0 N–H and O–H groups in total. The third kappa shape index (κ3) is 2.82. The lowest BCUT2D eigenvalue weighted by molar-refractivity contribution is 0.0605. The van der Waals surface area contributed by atoms with Crippen molar-refractivity contribution in [1.82, 2.24) is 24.7 Å².